The molecule has 2 heterocycles. The van der Waals surface area contributed by atoms with Crippen LogP contribution >= 0.6 is 11.3 Å². The highest BCUT2D eigenvalue weighted by atomic mass is 32.2. The smallest absolute Gasteiger partial charge is 0.264 e. The number of sulfonamides is 1. The standard InChI is InChI=1S/C20H21N3O3S2/c21-14-15-5-7-17(8-6-15)28(25,26)23-11-9-22(10-12-23)20(24)19-13-16-3-1-2-4-18(16)27-19/h5-8,13H,1-4,9-12H2. The average Bonchev–Trinajstić information content (AvgIpc) is 3.17. The molecule has 2 aliphatic rings. The van der Waals surface area contributed by atoms with E-state index in [1.54, 1.807) is 16.2 Å². The molecule has 1 amide bonds. The average molecular weight is 416 g/mol. The molecule has 146 valence electrons. The van der Waals surface area contributed by atoms with Crippen molar-refractivity contribution >= 4 is 27.3 Å². The Labute approximate surface area is 169 Å². The number of thiophene rings is 1. The van der Waals surface area contributed by atoms with Crippen LogP contribution in [0.4, 0.5) is 0 Å². The van der Waals surface area contributed by atoms with Gasteiger partial charge in [-0.25, -0.2) is 8.42 Å². The quantitative estimate of drug-likeness (QED) is 0.772. The molecule has 8 heteroatoms. The predicted octanol–water partition coefficient (Wildman–Crippen LogP) is 2.65. The Bertz CT molecular complexity index is 1000. The normalized spacial score (nSPS) is 17.8. The Morgan fingerprint density at radius 3 is 2.36 bits per heavy atom. The molecular formula is C20H21N3O3S2. The first-order valence-electron chi connectivity index (χ1n) is 9.40. The first-order chi connectivity index (χ1) is 13.5. The zero-order valence-electron chi connectivity index (χ0n) is 15.4. The number of aryl methyl sites for hydroxylation is 2. The van der Waals surface area contributed by atoms with Gasteiger partial charge in [0.05, 0.1) is 21.4 Å². The van der Waals surface area contributed by atoms with Crippen molar-refractivity contribution < 1.29 is 13.2 Å². The van der Waals surface area contributed by atoms with Crippen LogP contribution in [0.15, 0.2) is 35.2 Å². The minimum Gasteiger partial charge on any atom is -0.335 e. The van der Waals surface area contributed by atoms with Gasteiger partial charge in [0.25, 0.3) is 5.91 Å². The summed E-state index contributed by atoms with van der Waals surface area (Å²) in [4.78, 5) is 16.9. The second-order valence-electron chi connectivity index (χ2n) is 7.10. The van der Waals surface area contributed by atoms with Gasteiger partial charge in [-0.3, -0.25) is 4.79 Å². The molecule has 1 saturated heterocycles. The van der Waals surface area contributed by atoms with E-state index in [1.807, 2.05) is 12.1 Å². The molecule has 2 aromatic rings. The Morgan fingerprint density at radius 1 is 1.04 bits per heavy atom. The SMILES string of the molecule is N#Cc1ccc(S(=O)(=O)N2CCN(C(=O)c3cc4c(s3)CCCC4)CC2)cc1. The molecule has 0 spiro atoms. The molecule has 1 aromatic heterocycles. The van der Waals surface area contributed by atoms with Crippen molar-refractivity contribution in [3.63, 3.8) is 0 Å². The zero-order valence-corrected chi connectivity index (χ0v) is 17.1. The number of piperazine rings is 1. The van der Waals surface area contributed by atoms with Gasteiger partial charge in [0.2, 0.25) is 10.0 Å². The molecule has 1 aliphatic heterocycles. The lowest BCUT2D eigenvalue weighted by Crippen LogP contribution is -2.50. The molecule has 0 radical (unpaired) electrons. The van der Waals surface area contributed by atoms with Crippen molar-refractivity contribution in [3.05, 3.63) is 51.2 Å². The molecule has 1 aliphatic carbocycles. The van der Waals surface area contributed by atoms with Gasteiger partial charge >= 0.3 is 0 Å². The van der Waals surface area contributed by atoms with Crippen molar-refractivity contribution in [1.29, 1.82) is 5.26 Å². The number of nitrogens with zero attached hydrogens (tertiary/aromatic N) is 3. The minimum absolute atomic E-state index is 0.00909. The Kier molecular flexibility index (Phi) is 5.23. The number of amides is 1. The van der Waals surface area contributed by atoms with Crippen LogP contribution in [-0.2, 0) is 22.9 Å². The lowest BCUT2D eigenvalue weighted by molar-refractivity contribution is 0.0702. The first-order valence-corrected chi connectivity index (χ1v) is 11.7. The van der Waals surface area contributed by atoms with E-state index >= 15 is 0 Å². The van der Waals surface area contributed by atoms with Gasteiger partial charge in [0.15, 0.2) is 0 Å². The van der Waals surface area contributed by atoms with E-state index in [2.05, 4.69) is 0 Å². The number of nitriles is 1. The Morgan fingerprint density at radius 2 is 1.71 bits per heavy atom. The number of benzene rings is 1. The molecule has 1 aromatic carbocycles. The van der Waals surface area contributed by atoms with Crippen molar-refractivity contribution in [1.82, 2.24) is 9.21 Å². The van der Waals surface area contributed by atoms with Crippen molar-refractivity contribution in [2.45, 2.75) is 30.6 Å². The lowest BCUT2D eigenvalue weighted by atomic mass is 9.99. The minimum atomic E-state index is -3.61. The highest BCUT2D eigenvalue weighted by Gasteiger charge is 2.31. The van der Waals surface area contributed by atoms with Gasteiger partial charge in [-0.2, -0.15) is 9.57 Å². The summed E-state index contributed by atoms with van der Waals surface area (Å²) in [5.41, 5.74) is 1.73. The summed E-state index contributed by atoms with van der Waals surface area (Å²) in [5.74, 6) is 0.00909. The van der Waals surface area contributed by atoms with Crippen LogP contribution in [0.2, 0.25) is 0 Å². The van der Waals surface area contributed by atoms with E-state index in [0.29, 0.717) is 18.7 Å². The molecule has 0 saturated carbocycles. The number of rotatable bonds is 3. The molecule has 0 atom stereocenters. The summed E-state index contributed by atoms with van der Waals surface area (Å²) in [5, 5.41) is 8.86. The van der Waals surface area contributed by atoms with E-state index in [1.165, 1.54) is 51.9 Å². The van der Waals surface area contributed by atoms with Crippen LogP contribution in [0.3, 0.4) is 0 Å². The van der Waals surface area contributed by atoms with Crippen molar-refractivity contribution in [3.8, 4) is 6.07 Å². The molecular weight excluding hydrogens is 394 g/mol. The van der Waals surface area contributed by atoms with E-state index in [-0.39, 0.29) is 23.9 Å². The molecule has 6 nitrogen and oxygen atoms in total. The van der Waals surface area contributed by atoms with Crippen LogP contribution in [0.1, 0.15) is 38.5 Å². The fourth-order valence-corrected chi connectivity index (χ4v) is 6.38. The third-order valence-electron chi connectivity index (χ3n) is 5.35. The fraction of sp³-hybridized carbons (Fsp3) is 0.400. The zero-order chi connectivity index (χ0) is 19.7. The van der Waals surface area contributed by atoms with Crippen molar-refractivity contribution in [2.24, 2.45) is 0 Å². The number of hydrogen-bond donors (Lipinski definition) is 0. The summed E-state index contributed by atoms with van der Waals surface area (Å²) in [6.07, 6.45) is 4.48. The van der Waals surface area contributed by atoms with Gasteiger partial charge in [-0.15, -0.1) is 11.3 Å². The van der Waals surface area contributed by atoms with Gasteiger partial charge < -0.3 is 4.90 Å². The summed E-state index contributed by atoms with van der Waals surface area (Å²) < 4.78 is 27.0. The number of carbonyl (C=O) groups excluding carboxylic acids is 1. The van der Waals surface area contributed by atoms with E-state index in [4.69, 9.17) is 5.26 Å². The van der Waals surface area contributed by atoms with E-state index < -0.39 is 10.0 Å². The third kappa shape index (κ3) is 3.58. The summed E-state index contributed by atoms with van der Waals surface area (Å²) in [7, 11) is -3.61. The van der Waals surface area contributed by atoms with E-state index in [0.717, 1.165) is 17.7 Å². The topological polar surface area (TPSA) is 81.5 Å². The summed E-state index contributed by atoms with van der Waals surface area (Å²) >= 11 is 1.59. The second kappa shape index (κ2) is 7.66. The van der Waals surface area contributed by atoms with Crippen LogP contribution < -0.4 is 0 Å². The maximum absolute atomic E-state index is 12.9. The molecule has 1 fully saturated rings. The molecule has 0 bridgehead atoms. The van der Waals surface area contributed by atoms with Crippen molar-refractivity contribution in [2.75, 3.05) is 26.2 Å². The largest absolute Gasteiger partial charge is 0.335 e. The highest BCUT2D eigenvalue weighted by Crippen LogP contribution is 2.30. The second-order valence-corrected chi connectivity index (χ2v) is 10.2. The van der Waals surface area contributed by atoms with E-state index in [9.17, 15) is 13.2 Å². The van der Waals surface area contributed by atoms with Crippen LogP contribution in [0.5, 0.6) is 0 Å². The molecule has 4 rings (SSSR count). The maximum Gasteiger partial charge on any atom is 0.264 e. The summed E-state index contributed by atoms with van der Waals surface area (Å²) in [6.45, 7) is 1.33. The lowest BCUT2D eigenvalue weighted by Gasteiger charge is -2.33. The number of fused-ring (bicyclic) bond motifs is 1. The first kappa shape index (κ1) is 19.1. The third-order valence-corrected chi connectivity index (χ3v) is 8.49. The van der Waals surface area contributed by atoms with Gasteiger partial charge in [-0.05, 0) is 61.6 Å². The molecule has 0 unspecified atom stereocenters. The van der Waals surface area contributed by atoms with Crippen LogP contribution in [0.25, 0.3) is 0 Å². The maximum atomic E-state index is 12.9. The number of hydrogen-bond acceptors (Lipinski definition) is 5. The molecule has 28 heavy (non-hydrogen) atoms. The Hall–Kier alpha value is -2.21. The monoisotopic (exact) mass is 415 g/mol. The summed E-state index contributed by atoms with van der Waals surface area (Å²) in [6, 6.07) is 9.94. The van der Waals surface area contributed by atoms with Crippen LogP contribution in [-0.4, -0.2) is 49.7 Å². The van der Waals surface area contributed by atoms with Gasteiger partial charge in [-0.1, -0.05) is 0 Å². The Balaban J connectivity index is 1.43. The van der Waals surface area contributed by atoms with Gasteiger partial charge in [0.1, 0.15) is 0 Å². The van der Waals surface area contributed by atoms with Crippen LogP contribution in [0, 0.1) is 11.3 Å². The predicted molar refractivity (Wildman–Crippen MR) is 107 cm³/mol. The number of carbonyl (C=O) groups is 1. The molecule has 0 N–H and O–H groups in total. The van der Waals surface area contributed by atoms with Gasteiger partial charge in [0, 0.05) is 31.1 Å². The highest BCUT2D eigenvalue weighted by molar-refractivity contribution is 7.89. The fourth-order valence-electron chi connectivity index (χ4n) is 3.73.